The van der Waals surface area contributed by atoms with Crippen LogP contribution in [0.1, 0.15) is 29.8 Å². The molecule has 0 saturated carbocycles. The molecular weight excluding hydrogens is 341 g/mol. The third kappa shape index (κ3) is 2.40. The van der Waals surface area contributed by atoms with Gasteiger partial charge in [0.25, 0.3) is 5.78 Å². The zero-order valence-corrected chi connectivity index (χ0v) is 15.4. The number of hydrogen-bond acceptors (Lipinski definition) is 4. The number of rotatable bonds is 1. The highest BCUT2D eigenvalue weighted by Crippen LogP contribution is 2.37. The van der Waals surface area contributed by atoms with E-state index in [0.717, 1.165) is 37.0 Å². The van der Waals surface area contributed by atoms with Crippen molar-refractivity contribution in [2.45, 2.75) is 33.1 Å². The molecule has 4 aromatic rings. The molecule has 3 heterocycles. The Labute approximate surface area is 156 Å². The summed E-state index contributed by atoms with van der Waals surface area (Å²) in [6.45, 7) is 4.80. The minimum absolute atomic E-state index is 0.275. The Morgan fingerprint density at radius 1 is 1.00 bits per heavy atom. The maximum Gasteiger partial charge on any atom is 0.257 e. The van der Waals surface area contributed by atoms with Crippen LogP contribution in [0.2, 0.25) is 0 Å². The number of nitrogens with zero attached hydrogens (tertiary/aromatic N) is 5. The molecule has 0 unspecified atom stereocenters. The quantitative estimate of drug-likeness (QED) is 0.500. The molecule has 5 rings (SSSR count). The number of aryl methyl sites for hydroxylation is 2. The van der Waals surface area contributed by atoms with Crippen LogP contribution >= 0.6 is 0 Å². The van der Waals surface area contributed by atoms with E-state index in [1.54, 1.807) is 6.07 Å². The molecule has 1 aliphatic heterocycles. The highest BCUT2D eigenvalue weighted by Gasteiger charge is 2.24. The lowest BCUT2D eigenvalue weighted by molar-refractivity contribution is 0.638. The van der Waals surface area contributed by atoms with Crippen LogP contribution in [0.15, 0.2) is 36.4 Å². The molecule has 0 saturated heterocycles. The van der Waals surface area contributed by atoms with Crippen LogP contribution in [-0.2, 0) is 6.42 Å². The van der Waals surface area contributed by atoms with Crippen molar-refractivity contribution in [3.05, 3.63) is 59.2 Å². The third-order valence-electron chi connectivity index (χ3n) is 5.46. The SMILES string of the molecule is Cc1cccc2c1CCCCN2c1nc2nnc(C)n2c2cccc(F)c12. The Bertz CT molecular complexity index is 1180. The fourth-order valence-corrected chi connectivity index (χ4v) is 4.15. The van der Waals surface area contributed by atoms with Crippen molar-refractivity contribution in [1.29, 1.82) is 0 Å². The standard InChI is InChI=1S/C21H20FN5/c1-13-7-5-10-17-15(13)8-3-4-12-26(17)20-19-16(22)9-6-11-18(19)27-14(2)24-25-21(27)23-20/h5-7,9-11H,3-4,8,12H2,1-2H3. The largest absolute Gasteiger partial charge is 0.325 e. The first-order valence-corrected chi connectivity index (χ1v) is 9.31. The lowest BCUT2D eigenvalue weighted by Gasteiger charge is -2.26. The number of benzene rings is 2. The van der Waals surface area contributed by atoms with Crippen LogP contribution in [0.3, 0.4) is 0 Å². The first-order chi connectivity index (χ1) is 13.1. The summed E-state index contributed by atoms with van der Waals surface area (Å²) in [5, 5.41) is 8.87. The van der Waals surface area contributed by atoms with Crippen molar-refractivity contribution in [2.24, 2.45) is 0 Å². The first-order valence-electron chi connectivity index (χ1n) is 9.31. The van der Waals surface area contributed by atoms with Crippen molar-refractivity contribution >= 4 is 28.2 Å². The monoisotopic (exact) mass is 361 g/mol. The summed E-state index contributed by atoms with van der Waals surface area (Å²) in [7, 11) is 0. The molecule has 1 aliphatic rings. The summed E-state index contributed by atoms with van der Waals surface area (Å²) in [5.41, 5.74) is 4.45. The van der Waals surface area contributed by atoms with E-state index < -0.39 is 0 Å². The molecule has 0 atom stereocenters. The van der Waals surface area contributed by atoms with E-state index in [1.807, 2.05) is 17.4 Å². The highest BCUT2D eigenvalue weighted by atomic mass is 19.1. The zero-order chi connectivity index (χ0) is 18.5. The molecule has 0 radical (unpaired) electrons. The second-order valence-corrected chi connectivity index (χ2v) is 7.13. The molecule has 0 fully saturated rings. The van der Waals surface area contributed by atoms with Gasteiger partial charge in [0.2, 0.25) is 0 Å². The molecule has 6 heteroatoms. The van der Waals surface area contributed by atoms with Crippen LogP contribution in [0.5, 0.6) is 0 Å². The van der Waals surface area contributed by atoms with Crippen LogP contribution in [0.4, 0.5) is 15.9 Å². The Hall–Kier alpha value is -3.02. The Morgan fingerprint density at radius 3 is 2.74 bits per heavy atom. The van der Waals surface area contributed by atoms with Gasteiger partial charge < -0.3 is 4.90 Å². The van der Waals surface area contributed by atoms with Gasteiger partial charge in [-0.25, -0.2) is 4.39 Å². The summed E-state index contributed by atoms with van der Waals surface area (Å²) >= 11 is 0. The van der Waals surface area contributed by atoms with E-state index in [9.17, 15) is 0 Å². The average molecular weight is 361 g/mol. The predicted molar refractivity (Wildman–Crippen MR) is 104 cm³/mol. The van der Waals surface area contributed by atoms with E-state index in [2.05, 4.69) is 40.2 Å². The van der Waals surface area contributed by atoms with Crippen LogP contribution < -0.4 is 4.90 Å². The lowest BCUT2D eigenvalue weighted by Crippen LogP contribution is -2.21. The van der Waals surface area contributed by atoms with Gasteiger partial charge in [-0.3, -0.25) is 4.40 Å². The Kier molecular flexibility index (Phi) is 3.60. The molecule has 2 aromatic heterocycles. The van der Waals surface area contributed by atoms with Gasteiger partial charge in [-0.15, -0.1) is 10.2 Å². The minimum atomic E-state index is -0.275. The van der Waals surface area contributed by atoms with E-state index in [-0.39, 0.29) is 5.82 Å². The van der Waals surface area contributed by atoms with Gasteiger partial charge in [-0.2, -0.15) is 4.98 Å². The van der Waals surface area contributed by atoms with Crippen molar-refractivity contribution in [3.63, 3.8) is 0 Å². The predicted octanol–water partition coefficient (Wildman–Crippen LogP) is 4.51. The molecule has 0 bridgehead atoms. The number of aromatic nitrogens is 4. The molecule has 2 aromatic carbocycles. The van der Waals surface area contributed by atoms with E-state index in [1.165, 1.54) is 17.2 Å². The van der Waals surface area contributed by atoms with Gasteiger partial charge in [0, 0.05) is 12.2 Å². The van der Waals surface area contributed by atoms with E-state index >= 15 is 4.39 Å². The van der Waals surface area contributed by atoms with Crippen molar-refractivity contribution in [1.82, 2.24) is 19.6 Å². The number of fused-ring (bicyclic) bond motifs is 4. The van der Waals surface area contributed by atoms with Gasteiger partial charge in [-0.05, 0) is 62.4 Å². The third-order valence-corrected chi connectivity index (χ3v) is 5.46. The van der Waals surface area contributed by atoms with Crippen LogP contribution in [-0.4, -0.2) is 26.1 Å². The lowest BCUT2D eigenvalue weighted by atomic mass is 10.0. The average Bonchev–Trinajstić information content (AvgIpc) is 2.90. The molecule has 0 aliphatic carbocycles. The van der Waals surface area contributed by atoms with Gasteiger partial charge in [0.15, 0.2) is 0 Å². The summed E-state index contributed by atoms with van der Waals surface area (Å²) in [6.07, 6.45) is 3.18. The summed E-state index contributed by atoms with van der Waals surface area (Å²) in [6, 6.07) is 11.4. The Balaban J connectivity index is 1.87. The van der Waals surface area contributed by atoms with E-state index in [0.29, 0.717) is 22.8 Å². The highest BCUT2D eigenvalue weighted by molar-refractivity contribution is 5.94. The maximum atomic E-state index is 15.0. The van der Waals surface area contributed by atoms with Gasteiger partial charge in [-0.1, -0.05) is 18.2 Å². The topological polar surface area (TPSA) is 46.3 Å². The molecular formula is C21H20FN5. The van der Waals surface area contributed by atoms with Gasteiger partial charge in [0.1, 0.15) is 17.5 Å². The molecule has 136 valence electrons. The molecule has 5 nitrogen and oxygen atoms in total. The van der Waals surface area contributed by atoms with E-state index in [4.69, 9.17) is 4.98 Å². The zero-order valence-electron chi connectivity index (χ0n) is 15.4. The fraction of sp³-hybridized carbons (Fsp3) is 0.286. The normalized spacial score (nSPS) is 14.6. The number of halogens is 1. The van der Waals surface area contributed by atoms with Gasteiger partial charge >= 0.3 is 0 Å². The van der Waals surface area contributed by atoms with Crippen molar-refractivity contribution < 1.29 is 4.39 Å². The Morgan fingerprint density at radius 2 is 1.85 bits per heavy atom. The number of hydrogen-bond donors (Lipinski definition) is 0. The molecule has 0 amide bonds. The van der Waals surface area contributed by atoms with Gasteiger partial charge in [0.05, 0.1) is 10.9 Å². The smallest absolute Gasteiger partial charge is 0.257 e. The first kappa shape index (κ1) is 16.2. The number of anilines is 2. The van der Waals surface area contributed by atoms with Crippen molar-refractivity contribution in [2.75, 3.05) is 11.4 Å². The molecule has 27 heavy (non-hydrogen) atoms. The van der Waals surface area contributed by atoms with Crippen molar-refractivity contribution in [3.8, 4) is 0 Å². The maximum absolute atomic E-state index is 15.0. The van der Waals surface area contributed by atoms with Crippen LogP contribution in [0, 0.1) is 19.7 Å². The molecule has 0 N–H and O–H groups in total. The fourth-order valence-electron chi connectivity index (χ4n) is 4.15. The summed E-state index contributed by atoms with van der Waals surface area (Å²) < 4.78 is 16.8. The van der Waals surface area contributed by atoms with Crippen LogP contribution in [0.25, 0.3) is 16.7 Å². The summed E-state index contributed by atoms with van der Waals surface area (Å²) in [4.78, 5) is 6.91. The minimum Gasteiger partial charge on any atom is -0.325 e. The second kappa shape index (κ2) is 6.01. The second-order valence-electron chi connectivity index (χ2n) is 7.13. The molecule has 0 spiro atoms. The summed E-state index contributed by atoms with van der Waals surface area (Å²) in [5.74, 6) is 1.55.